The average Bonchev–Trinajstić information content (AvgIpc) is 3.02. The predicted octanol–water partition coefficient (Wildman–Crippen LogP) is 1.27. The first-order valence-corrected chi connectivity index (χ1v) is 11.3. The zero-order valence-electron chi connectivity index (χ0n) is 16.6. The Bertz CT molecular complexity index is 549. The van der Waals surface area contributed by atoms with Crippen molar-refractivity contribution in [2.45, 2.75) is 38.6 Å². The molecular weight excluding hydrogens is 465 g/mol. The van der Waals surface area contributed by atoms with Crippen LogP contribution in [-0.4, -0.2) is 94.1 Å². The van der Waals surface area contributed by atoms with Gasteiger partial charge in [-0.2, -0.15) is 0 Å². The van der Waals surface area contributed by atoms with Crippen molar-refractivity contribution in [3.8, 4) is 0 Å². The van der Waals surface area contributed by atoms with E-state index < -0.39 is 10.0 Å². The van der Waals surface area contributed by atoms with Crippen LogP contribution < -0.4 is 5.32 Å². The van der Waals surface area contributed by atoms with Crippen molar-refractivity contribution in [3.63, 3.8) is 0 Å². The van der Waals surface area contributed by atoms with Crippen LogP contribution in [0.2, 0.25) is 0 Å². The second-order valence-corrected chi connectivity index (χ2v) is 9.32. The summed E-state index contributed by atoms with van der Waals surface area (Å²) in [6.45, 7) is 7.68. The summed E-state index contributed by atoms with van der Waals surface area (Å²) in [6.07, 6.45) is 5.67. The molecule has 2 fully saturated rings. The molecule has 2 rings (SSSR count). The van der Waals surface area contributed by atoms with Crippen LogP contribution in [0.3, 0.4) is 0 Å². The smallest absolute Gasteiger partial charge is 0.211 e. The van der Waals surface area contributed by atoms with Crippen molar-refractivity contribution in [3.05, 3.63) is 0 Å². The largest absolute Gasteiger partial charge is 0.356 e. The first-order chi connectivity index (χ1) is 11.8. The Balaban J connectivity index is 0.00000338. The summed E-state index contributed by atoms with van der Waals surface area (Å²) >= 11 is 0. The summed E-state index contributed by atoms with van der Waals surface area (Å²) in [6, 6.07) is 0.617. The van der Waals surface area contributed by atoms with Gasteiger partial charge < -0.3 is 10.2 Å². The third-order valence-corrected chi connectivity index (χ3v) is 6.86. The van der Waals surface area contributed by atoms with Crippen LogP contribution in [0, 0.1) is 5.92 Å². The van der Waals surface area contributed by atoms with E-state index in [4.69, 9.17) is 0 Å². The number of nitrogens with one attached hydrogen (secondary N) is 1. The van der Waals surface area contributed by atoms with E-state index in [0.717, 1.165) is 38.4 Å². The van der Waals surface area contributed by atoms with E-state index >= 15 is 0 Å². The summed E-state index contributed by atoms with van der Waals surface area (Å²) in [4.78, 5) is 9.20. The van der Waals surface area contributed by atoms with E-state index in [1.54, 1.807) is 4.31 Å². The molecule has 0 saturated carbocycles. The van der Waals surface area contributed by atoms with E-state index in [1.807, 2.05) is 7.05 Å². The molecule has 154 valence electrons. The van der Waals surface area contributed by atoms with Gasteiger partial charge in [0, 0.05) is 46.3 Å². The van der Waals surface area contributed by atoms with Crippen molar-refractivity contribution in [1.82, 2.24) is 19.4 Å². The summed E-state index contributed by atoms with van der Waals surface area (Å²) < 4.78 is 24.8. The number of guanidine groups is 1. The number of aliphatic imine (C=N–C) groups is 1. The van der Waals surface area contributed by atoms with Gasteiger partial charge in [0.2, 0.25) is 10.0 Å². The Hall–Kier alpha value is -0.130. The molecule has 0 aliphatic carbocycles. The number of halogens is 1. The van der Waals surface area contributed by atoms with Crippen molar-refractivity contribution < 1.29 is 8.42 Å². The van der Waals surface area contributed by atoms with E-state index in [-0.39, 0.29) is 24.0 Å². The second kappa shape index (κ2) is 11.0. The van der Waals surface area contributed by atoms with Gasteiger partial charge in [0.1, 0.15) is 0 Å². The molecule has 2 heterocycles. The van der Waals surface area contributed by atoms with Crippen molar-refractivity contribution in [1.29, 1.82) is 0 Å². The number of sulfonamides is 1. The minimum absolute atomic E-state index is 0. The van der Waals surface area contributed by atoms with Crippen LogP contribution in [0.1, 0.15) is 32.6 Å². The minimum Gasteiger partial charge on any atom is -0.356 e. The summed E-state index contributed by atoms with van der Waals surface area (Å²) in [5, 5.41) is 3.49. The van der Waals surface area contributed by atoms with Crippen LogP contribution in [0.25, 0.3) is 0 Å². The molecule has 0 amide bonds. The third kappa shape index (κ3) is 6.79. The van der Waals surface area contributed by atoms with Crippen molar-refractivity contribution >= 4 is 40.0 Å². The number of hydrogen-bond acceptors (Lipinski definition) is 4. The molecule has 0 aromatic heterocycles. The van der Waals surface area contributed by atoms with Gasteiger partial charge in [-0.3, -0.25) is 9.89 Å². The molecule has 9 heteroatoms. The van der Waals surface area contributed by atoms with Gasteiger partial charge in [-0.15, -0.1) is 24.0 Å². The van der Waals surface area contributed by atoms with E-state index in [0.29, 0.717) is 25.0 Å². The molecule has 2 saturated heterocycles. The second-order valence-electron chi connectivity index (χ2n) is 7.34. The molecule has 2 aliphatic heterocycles. The van der Waals surface area contributed by atoms with Crippen LogP contribution in [0.15, 0.2) is 4.99 Å². The van der Waals surface area contributed by atoms with Gasteiger partial charge >= 0.3 is 0 Å². The number of rotatable bonds is 6. The molecule has 0 aromatic carbocycles. The van der Waals surface area contributed by atoms with Gasteiger partial charge in [-0.1, -0.05) is 6.92 Å². The number of likely N-dealkylation sites (N-methyl/N-ethyl adjacent to an activating group) is 2. The van der Waals surface area contributed by atoms with Crippen LogP contribution in [-0.2, 0) is 10.0 Å². The Morgan fingerprint density at radius 2 is 1.88 bits per heavy atom. The maximum absolute atomic E-state index is 11.6. The number of piperidine rings is 1. The lowest BCUT2D eigenvalue weighted by Crippen LogP contribution is -2.48. The topological polar surface area (TPSA) is 68.2 Å². The fraction of sp³-hybridized carbons (Fsp3) is 0.941. The van der Waals surface area contributed by atoms with E-state index in [2.05, 4.69) is 34.1 Å². The maximum Gasteiger partial charge on any atom is 0.211 e. The highest BCUT2D eigenvalue weighted by molar-refractivity contribution is 14.0. The number of nitrogens with zero attached hydrogens (tertiary/aromatic N) is 4. The quantitative estimate of drug-likeness (QED) is 0.338. The van der Waals surface area contributed by atoms with Crippen molar-refractivity contribution in [2.24, 2.45) is 10.9 Å². The third-order valence-electron chi connectivity index (χ3n) is 5.55. The fourth-order valence-corrected chi connectivity index (χ4v) is 4.86. The lowest BCUT2D eigenvalue weighted by atomic mass is 9.98. The molecule has 2 aliphatic rings. The summed E-state index contributed by atoms with van der Waals surface area (Å²) in [7, 11) is 0.892. The van der Waals surface area contributed by atoms with Gasteiger partial charge in [-0.05, 0) is 44.7 Å². The molecule has 0 spiro atoms. The fourth-order valence-electron chi connectivity index (χ4n) is 3.99. The van der Waals surface area contributed by atoms with E-state index in [9.17, 15) is 8.42 Å². The summed E-state index contributed by atoms with van der Waals surface area (Å²) in [5.41, 5.74) is 0. The molecular formula is C17H36IN5O2S. The van der Waals surface area contributed by atoms with Crippen molar-refractivity contribution in [2.75, 3.05) is 59.6 Å². The number of hydrogen-bond donors (Lipinski definition) is 1. The normalized spacial score (nSPS) is 23.7. The van der Waals surface area contributed by atoms with Gasteiger partial charge in [0.15, 0.2) is 5.96 Å². The summed E-state index contributed by atoms with van der Waals surface area (Å²) in [5.74, 6) is 1.44. The SMILES string of the molecule is CCN1CCCC1CN(C)C(=NC)NCC1CCN(S(C)(=O)=O)CC1.I. The molecule has 1 atom stereocenters. The lowest BCUT2D eigenvalue weighted by molar-refractivity contribution is 0.231. The minimum atomic E-state index is -3.04. The van der Waals surface area contributed by atoms with Gasteiger partial charge in [-0.25, -0.2) is 12.7 Å². The molecule has 1 unspecified atom stereocenters. The molecule has 7 nitrogen and oxygen atoms in total. The highest BCUT2D eigenvalue weighted by atomic mass is 127. The zero-order valence-corrected chi connectivity index (χ0v) is 19.8. The first kappa shape index (κ1) is 23.9. The Labute approximate surface area is 176 Å². The van der Waals surface area contributed by atoms with Crippen LogP contribution >= 0.6 is 24.0 Å². The highest BCUT2D eigenvalue weighted by Crippen LogP contribution is 2.19. The molecule has 0 bridgehead atoms. The maximum atomic E-state index is 11.6. The number of likely N-dealkylation sites (tertiary alicyclic amines) is 1. The molecule has 0 aromatic rings. The van der Waals surface area contributed by atoms with Crippen LogP contribution in [0.5, 0.6) is 0 Å². The van der Waals surface area contributed by atoms with Gasteiger partial charge in [0.25, 0.3) is 0 Å². The molecule has 1 N–H and O–H groups in total. The van der Waals surface area contributed by atoms with Crippen LogP contribution in [0.4, 0.5) is 0 Å². The standard InChI is InChI=1S/C17H35N5O2S.HI/c1-5-21-10-6-7-16(21)14-20(3)17(18-2)19-13-15-8-11-22(12-9-15)25(4,23)24;/h15-16H,5-14H2,1-4H3,(H,18,19);1H. The Morgan fingerprint density at radius 1 is 1.23 bits per heavy atom. The molecule has 26 heavy (non-hydrogen) atoms. The Morgan fingerprint density at radius 3 is 2.42 bits per heavy atom. The highest BCUT2D eigenvalue weighted by Gasteiger charge is 2.27. The zero-order chi connectivity index (χ0) is 18.4. The molecule has 0 radical (unpaired) electrons. The predicted molar refractivity (Wildman–Crippen MR) is 119 cm³/mol. The van der Waals surface area contributed by atoms with E-state index in [1.165, 1.54) is 25.6 Å². The monoisotopic (exact) mass is 501 g/mol. The average molecular weight is 501 g/mol. The Kier molecular flexibility index (Phi) is 10.1. The first-order valence-electron chi connectivity index (χ1n) is 9.46. The lowest BCUT2D eigenvalue weighted by Gasteiger charge is -2.32. The van der Waals surface area contributed by atoms with Gasteiger partial charge in [0.05, 0.1) is 6.26 Å².